The Morgan fingerprint density at radius 2 is 2.11 bits per heavy atom. The number of benzene rings is 1. The maximum Gasteiger partial charge on any atom is 0.231 e. The van der Waals surface area contributed by atoms with Crippen LogP contribution in [0.15, 0.2) is 24.4 Å². The van der Waals surface area contributed by atoms with Crippen molar-refractivity contribution in [3.05, 3.63) is 35.5 Å². The van der Waals surface area contributed by atoms with Crippen molar-refractivity contribution in [1.29, 1.82) is 0 Å². The summed E-state index contributed by atoms with van der Waals surface area (Å²) in [7, 11) is 0. The van der Waals surface area contributed by atoms with Crippen LogP contribution < -0.4 is 15.2 Å². The van der Waals surface area contributed by atoms with Crippen LogP contribution in [0.5, 0.6) is 11.5 Å². The van der Waals surface area contributed by atoms with Crippen LogP contribution in [0.2, 0.25) is 0 Å². The fourth-order valence-electron chi connectivity index (χ4n) is 2.08. The van der Waals surface area contributed by atoms with Crippen molar-refractivity contribution in [3.8, 4) is 11.5 Å². The minimum Gasteiger partial charge on any atom is -0.454 e. The quantitative estimate of drug-likeness (QED) is 0.880. The predicted octanol–water partition coefficient (Wildman–Crippen LogP) is 2.11. The van der Waals surface area contributed by atoms with Crippen molar-refractivity contribution in [2.75, 3.05) is 12.5 Å². The molecule has 94 valence electrons. The van der Waals surface area contributed by atoms with Gasteiger partial charge >= 0.3 is 0 Å². The summed E-state index contributed by atoms with van der Waals surface area (Å²) < 4.78 is 12.5. The smallest absolute Gasteiger partial charge is 0.231 e. The number of nitrogen functional groups attached to an aromatic ring is 1. The average Bonchev–Trinajstić information content (AvgIpc) is 2.96. The standard InChI is InChI=1S/C13H15N3O2/c1-8-6-15-16(13(8)14)9(2)10-3-4-11-12(5-10)18-7-17-11/h3-6,9H,7,14H2,1-2H3. The molecular weight excluding hydrogens is 230 g/mol. The summed E-state index contributed by atoms with van der Waals surface area (Å²) >= 11 is 0. The molecule has 2 heterocycles. The zero-order valence-electron chi connectivity index (χ0n) is 10.4. The molecule has 0 saturated heterocycles. The number of anilines is 1. The van der Waals surface area contributed by atoms with Crippen LogP contribution in [-0.4, -0.2) is 16.6 Å². The molecule has 5 heteroatoms. The maximum atomic E-state index is 6.00. The first-order chi connectivity index (χ1) is 8.66. The number of nitrogens with two attached hydrogens (primary N) is 1. The van der Waals surface area contributed by atoms with E-state index in [2.05, 4.69) is 12.0 Å². The summed E-state index contributed by atoms with van der Waals surface area (Å²) in [5.41, 5.74) is 8.08. The van der Waals surface area contributed by atoms with Gasteiger partial charge in [-0.1, -0.05) is 6.07 Å². The second-order valence-electron chi connectivity index (χ2n) is 4.45. The van der Waals surface area contributed by atoms with Crippen molar-refractivity contribution >= 4 is 5.82 Å². The van der Waals surface area contributed by atoms with Crippen LogP contribution in [0.3, 0.4) is 0 Å². The van der Waals surface area contributed by atoms with Crippen LogP contribution in [-0.2, 0) is 0 Å². The largest absolute Gasteiger partial charge is 0.454 e. The summed E-state index contributed by atoms with van der Waals surface area (Å²) in [6.07, 6.45) is 1.78. The van der Waals surface area contributed by atoms with Gasteiger partial charge in [0.05, 0.1) is 12.2 Å². The van der Waals surface area contributed by atoms with E-state index in [0.29, 0.717) is 5.82 Å². The molecule has 1 aliphatic rings. The average molecular weight is 245 g/mol. The van der Waals surface area contributed by atoms with Gasteiger partial charge in [-0.25, -0.2) is 4.68 Å². The van der Waals surface area contributed by atoms with Crippen molar-refractivity contribution < 1.29 is 9.47 Å². The summed E-state index contributed by atoms with van der Waals surface area (Å²) in [6, 6.07) is 5.96. The summed E-state index contributed by atoms with van der Waals surface area (Å²) in [4.78, 5) is 0. The Bertz CT molecular complexity index is 592. The van der Waals surface area contributed by atoms with Crippen molar-refractivity contribution in [2.45, 2.75) is 19.9 Å². The fraction of sp³-hybridized carbons (Fsp3) is 0.308. The Labute approximate surface area is 105 Å². The number of aromatic nitrogens is 2. The molecule has 2 N–H and O–H groups in total. The molecule has 1 aromatic carbocycles. The van der Waals surface area contributed by atoms with Gasteiger partial charge in [-0.05, 0) is 31.5 Å². The second-order valence-corrected chi connectivity index (χ2v) is 4.45. The minimum atomic E-state index is 0.0631. The normalized spacial score (nSPS) is 14.8. The number of hydrogen-bond donors (Lipinski definition) is 1. The lowest BCUT2D eigenvalue weighted by molar-refractivity contribution is 0.174. The van der Waals surface area contributed by atoms with Gasteiger partial charge in [0.25, 0.3) is 0 Å². The highest BCUT2D eigenvalue weighted by molar-refractivity contribution is 5.46. The lowest BCUT2D eigenvalue weighted by Gasteiger charge is -2.15. The van der Waals surface area contributed by atoms with Crippen LogP contribution in [0.25, 0.3) is 0 Å². The van der Waals surface area contributed by atoms with Gasteiger partial charge in [-0.15, -0.1) is 0 Å². The van der Waals surface area contributed by atoms with Gasteiger partial charge in [0.1, 0.15) is 5.82 Å². The molecule has 0 aliphatic carbocycles. The van der Waals surface area contributed by atoms with E-state index < -0.39 is 0 Å². The molecule has 2 aromatic rings. The third-order valence-electron chi connectivity index (χ3n) is 3.27. The Balaban J connectivity index is 1.97. The first kappa shape index (κ1) is 11.0. The number of rotatable bonds is 2. The van der Waals surface area contributed by atoms with Gasteiger partial charge in [-0.3, -0.25) is 0 Å². The third kappa shape index (κ3) is 1.59. The summed E-state index contributed by atoms with van der Waals surface area (Å²) in [5, 5.41) is 4.30. The van der Waals surface area contributed by atoms with Crippen molar-refractivity contribution in [1.82, 2.24) is 9.78 Å². The van der Waals surface area contributed by atoms with E-state index in [1.54, 1.807) is 6.20 Å². The van der Waals surface area contributed by atoms with Gasteiger partial charge in [0.15, 0.2) is 11.5 Å². The fourth-order valence-corrected chi connectivity index (χ4v) is 2.08. The zero-order valence-corrected chi connectivity index (χ0v) is 10.4. The van der Waals surface area contributed by atoms with E-state index >= 15 is 0 Å². The Kier molecular flexibility index (Phi) is 2.40. The molecule has 0 bridgehead atoms. The number of ether oxygens (including phenoxy) is 2. The number of fused-ring (bicyclic) bond motifs is 1. The molecule has 0 amide bonds. The van der Waals surface area contributed by atoms with E-state index in [0.717, 1.165) is 22.6 Å². The van der Waals surface area contributed by atoms with Crippen LogP contribution in [0.1, 0.15) is 24.1 Å². The Morgan fingerprint density at radius 3 is 2.83 bits per heavy atom. The summed E-state index contributed by atoms with van der Waals surface area (Å²) in [5.74, 6) is 2.26. The van der Waals surface area contributed by atoms with E-state index in [-0.39, 0.29) is 12.8 Å². The Hall–Kier alpha value is -2.17. The first-order valence-electron chi connectivity index (χ1n) is 5.86. The number of aryl methyl sites for hydroxylation is 1. The SMILES string of the molecule is Cc1cnn(C(C)c2ccc3c(c2)OCO3)c1N. The van der Waals surface area contributed by atoms with Gasteiger partial charge < -0.3 is 15.2 Å². The van der Waals surface area contributed by atoms with Gasteiger partial charge in [0.2, 0.25) is 6.79 Å². The zero-order chi connectivity index (χ0) is 12.7. The van der Waals surface area contributed by atoms with E-state index in [1.165, 1.54) is 0 Å². The lowest BCUT2D eigenvalue weighted by Crippen LogP contribution is -2.11. The molecule has 0 spiro atoms. The van der Waals surface area contributed by atoms with Gasteiger partial charge in [-0.2, -0.15) is 5.10 Å². The van der Waals surface area contributed by atoms with Gasteiger partial charge in [0, 0.05) is 5.56 Å². The monoisotopic (exact) mass is 245 g/mol. The third-order valence-corrected chi connectivity index (χ3v) is 3.27. The predicted molar refractivity (Wildman–Crippen MR) is 67.8 cm³/mol. The molecular formula is C13H15N3O2. The van der Waals surface area contributed by atoms with Crippen molar-refractivity contribution in [3.63, 3.8) is 0 Å². The minimum absolute atomic E-state index is 0.0631. The number of hydrogen-bond acceptors (Lipinski definition) is 4. The van der Waals surface area contributed by atoms with Crippen LogP contribution in [0.4, 0.5) is 5.82 Å². The molecule has 3 rings (SSSR count). The maximum absolute atomic E-state index is 6.00. The lowest BCUT2D eigenvalue weighted by atomic mass is 10.1. The van der Waals surface area contributed by atoms with Crippen molar-refractivity contribution in [2.24, 2.45) is 0 Å². The van der Waals surface area contributed by atoms with E-state index in [1.807, 2.05) is 29.8 Å². The van der Waals surface area contributed by atoms with Crippen LogP contribution in [0, 0.1) is 6.92 Å². The number of nitrogens with zero attached hydrogens (tertiary/aromatic N) is 2. The van der Waals surface area contributed by atoms with E-state index in [9.17, 15) is 0 Å². The molecule has 1 aromatic heterocycles. The van der Waals surface area contributed by atoms with E-state index in [4.69, 9.17) is 15.2 Å². The molecule has 0 fully saturated rings. The topological polar surface area (TPSA) is 62.3 Å². The Morgan fingerprint density at radius 1 is 1.33 bits per heavy atom. The molecule has 5 nitrogen and oxygen atoms in total. The highest BCUT2D eigenvalue weighted by atomic mass is 16.7. The molecule has 1 aliphatic heterocycles. The molecule has 0 saturated carbocycles. The second kappa shape index (κ2) is 3.94. The molecule has 1 unspecified atom stereocenters. The highest BCUT2D eigenvalue weighted by Gasteiger charge is 2.18. The molecule has 0 radical (unpaired) electrons. The first-order valence-corrected chi connectivity index (χ1v) is 5.86. The summed E-state index contributed by atoms with van der Waals surface area (Å²) in [6.45, 7) is 4.29. The van der Waals surface area contributed by atoms with Crippen LogP contribution >= 0.6 is 0 Å². The molecule has 18 heavy (non-hydrogen) atoms. The highest BCUT2D eigenvalue weighted by Crippen LogP contribution is 2.35. The molecule has 1 atom stereocenters.